The van der Waals surface area contributed by atoms with Gasteiger partial charge in [-0.15, -0.1) is 4.99 Å². The lowest BCUT2D eigenvalue weighted by Crippen LogP contribution is -2.45. The molecule has 29 heavy (non-hydrogen) atoms. The third kappa shape index (κ3) is 5.76. The molecule has 0 aromatic heterocycles. The molecule has 1 unspecified atom stereocenters. The smallest absolute Gasteiger partial charge is 0.418 e. The molecule has 0 aliphatic heterocycles. The van der Waals surface area contributed by atoms with Crippen molar-refractivity contribution in [2.75, 3.05) is 17.4 Å². The number of hydrogen-bond acceptors (Lipinski definition) is 6. The van der Waals surface area contributed by atoms with Crippen LogP contribution in [0.25, 0.3) is 0 Å². The van der Waals surface area contributed by atoms with Crippen molar-refractivity contribution in [2.24, 2.45) is 0 Å². The monoisotopic (exact) mass is 422 g/mol. The van der Waals surface area contributed by atoms with E-state index in [0.29, 0.717) is 12.1 Å². The molecule has 0 radical (unpaired) electrons. The first-order chi connectivity index (χ1) is 13.4. The van der Waals surface area contributed by atoms with Crippen LogP contribution in [0.2, 0.25) is 0 Å². The molecule has 0 fully saturated rings. The van der Waals surface area contributed by atoms with E-state index in [1.807, 2.05) is 0 Å². The van der Waals surface area contributed by atoms with Crippen molar-refractivity contribution in [3.05, 3.63) is 53.6 Å². The highest BCUT2D eigenvalue weighted by Gasteiger charge is 2.35. The minimum Gasteiger partial charge on any atom is -0.490 e. The van der Waals surface area contributed by atoms with Crippen LogP contribution in [-0.4, -0.2) is 28.5 Å². The lowest BCUT2D eigenvalue weighted by atomic mass is 10.1. The Balaban J connectivity index is 2.12. The zero-order chi connectivity index (χ0) is 21.8. The number of rotatable bonds is 7. The lowest BCUT2D eigenvalue weighted by molar-refractivity contribution is -0.216. The Morgan fingerprint density at radius 1 is 1.10 bits per heavy atom. The molecule has 0 bridgehead atoms. The average Bonchev–Trinajstić information content (AvgIpc) is 2.63. The highest BCUT2D eigenvalue weighted by Crippen LogP contribution is 2.36. The summed E-state index contributed by atoms with van der Waals surface area (Å²) in [6.45, 7) is 0.316. The first kappa shape index (κ1) is 22.3. The van der Waals surface area contributed by atoms with Crippen LogP contribution in [0.3, 0.4) is 0 Å². The predicted octanol–water partition coefficient (Wildman–Crippen LogP) is 3.57. The average molecular weight is 422 g/mol. The predicted molar refractivity (Wildman–Crippen MR) is 89.9 cm³/mol. The molecule has 7 nitrogen and oxygen atoms in total. The van der Waals surface area contributed by atoms with Crippen molar-refractivity contribution in [2.45, 2.75) is 18.7 Å². The number of hydrogen-bond donors (Lipinski definition) is 4. The Labute approximate surface area is 160 Å². The topological polar surface area (TPSA) is 100 Å². The molecule has 158 valence electrons. The van der Waals surface area contributed by atoms with Gasteiger partial charge in [0.2, 0.25) is 0 Å². The third-order valence-electron chi connectivity index (χ3n) is 3.64. The van der Waals surface area contributed by atoms with Crippen LogP contribution in [0.1, 0.15) is 12.5 Å². The molecule has 0 aliphatic rings. The van der Waals surface area contributed by atoms with Crippen molar-refractivity contribution in [3.8, 4) is 5.75 Å². The highest BCUT2D eigenvalue weighted by atomic mass is 19.4. The Morgan fingerprint density at radius 3 is 2.38 bits per heavy atom. The summed E-state index contributed by atoms with van der Waals surface area (Å²) in [7, 11) is 0. The molecular formula is C17H15F5N2O5. The van der Waals surface area contributed by atoms with Gasteiger partial charge in [-0.2, -0.15) is 13.2 Å². The van der Waals surface area contributed by atoms with Crippen LogP contribution in [0.4, 0.5) is 33.3 Å². The second kappa shape index (κ2) is 8.59. The Kier molecular flexibility index (Phi) is 6.62. The van der Waals surface area contributed by atoms with Crippen molar-refractivity contribution >= 4 is 17.3 Å². The number of carbonyl (C=O) groups excluding carboxylic acids is 1. The summed E-state index contributed by atoms with van der Waals surface area (Å²) in [6, 6.07) is 5.03. The molecule has 0 heterocycles. The van der Waals surface area contributed by atoms with E-state index >= 15 is 0 Å². The number of anilines is 2. The molecule has 12 heteroatoms. The van der Waals surface area contributed by atoms with E-state index in [2.05, 4.69) is 10.3 Å². The summed E-state index contributed by atoms with van der Waals surface area (Å²) >= 11 is 0. The lowest BCUT2D eigenvalue weighted by Gasteiger charge is -2.23. The van der Waals surface area contributed by atoms with Gasteiger partial charge >= 0.3 is 6.18 Å². The molecular weight excluding hydrogens is 407 g/mol. The van der Waals surface area contributed by atoms with Gasteiger partial charge in [-0.25, -0.2) is 19.5 Å². The largest absolute Gasteiger partial charge is 0.490 e. The van der Waals surface area contributed by atoms with Gasteiger partial charge in [0, 0.05) is 11.8 Å². The summed E-state index contributed by atoms with van der Waals surface area (Å²) in [5.41, 5.74) is -2.79. The maximum atomic E-state index is 13.1. The molecule has 1 amide bonds. The van der Waals surface area contributed by atoms with Gasteiger partial charge in [0.15, 0.2) is 17.2 Å². The van der Waals surface area contributed by atoms with E-state index in [4.69, 9.17) is 9.99 Å². The maximum Gasteiger partial charge on any atom is 0.418 e. The minimum absolute atomic E-state index is 0.171. The van der Waals surface area contributed by atoms with Gasteiger partial charge < -0.3 is 15.2 Å². The molecule has 2 aromatic carbocycles. The highest BCUT2D eigenvalue weighted by molar-refractivity contribution is 5.97. The van der Waals surface area contributed by atoms with Gasteiger partial charge in [-0.1, -0.05) is 0 Å². The van der Waals surface area contributed by atoms with Gasteiger partial charge in [-0.05, 0) is 37.3 Å². The fraction of sp³-hybridized carbons (Fsp3) is 0.235. The molecule has 0 spiro atoms. The Morgan fingerprint density at radius 2 is 1.79 bits per heavy atom. The van der Waals surface area contributed by atoms with Crippen molar-refractivity contribution in [1.29, 1.82) is 0 Å². The Hall–Kier alpha value is -2.96. The van der Waals surface area contributed by atoms with Gasteiger partial charge in [-0.3, -0.25) is 4.79 Å². The fourth-order valence-electron chi connectivity index (χ4n) is 2.12. The number of aliphatic hydroxyl groups is 1. The summed E-state index contributed by atoms with van der Waals surface area (Å²) in [5.74, 6) is -3.61. The summed E-state index contributed by atoms with van der Waals surface area (Å²) in [5, 5.41) is 20.6. The number of amides is 1. The van der Waals surface area contributed by atoms with E-state index in [-0.39, 0.29) is 11.4 Å². The van der Waals surface area contributed by atoms with Crippen LogP contribution in [-0.2, 0) is 16.0 Å². The van der Waals surface area contributed by atoms with Gasteiger partial charge in [0.05, 0.1) is 11.3 Å². The number of nitrogens with one attached hydrogen (secondary N) is 2. The molecule has 0 saturated heterocycles. The number of benzene rings is 2. The molecule has 0 aliphatic carbocycles. The molecule has 2 rings (SSSR count). The van der Waals surface area contributed by atoms with E-state index in [9.17, 15) is 31.9 Å². The van der Waals surface area contributed by atoms with Crippen LogP contribution in [0, 0.1) is 11.6 Å². The second-order valence-electron chi connectivity index (χ2n) is 6.04. The van der Waals surface area contributed by atoms with Crippen LogP contribution in [0.5, 0.6) is 5.75 Å². The summed E-state index contributed by atoms with van der Waals surface area (Å²) in [6.07, 6.45) is -4.85. The normalized spacial score (nSPS) is 13.5. The zero-order valence-electron chi connectivity index (χ0n) is 14.7. The van der Waals surface area contributed by atoms with Crippen LogP contribution >= 0.6 is 0 Å². The molecule has 0 saturated carbocycles. The molecule has 2 aromatic rings. The van der Waals surface area contributed by atoms with Crippen molar-refractivity contribution in [3.63, 3.8) is 0 Å². The van der Waals surface area contributed by atoms with E-state index in [0.717, 1.165) is 31.2 Å². The zero-order valence-corrected chi connectivity index (χ0v) is 14.7. The number of ether oxygens (including phenoxy) is 1. The fourth-order valence-corrected chi connectivity index (χ4v) is 2.12. The van der Waals surface area contributed by atoms with E-state index < -0.39 is 47.2 Å². The summed E-state index contributed by atoms with van der Waals surface area (Å²) < 4.78 is 70.3. The number of alkyl halides is 3. The van der Waals surface area contributed by atoms with Crippen molar-refractivity contribution in [1.82, 2.24) is 0 Å². The van der Waals surface area contributed by atoms with E-state index in [1.54, 1.807) is 5.48 Å². The number of halogens is 5. The minimum atomic E-state index is -4.85. The van der Waals surface area contributed by atoms with Crippen LogP contribution in [0.15, 0.2) is 36.4 Å². The quantitative estimate of drug-likeness (QED) is 0.309. The van der Waals surface area contributed by atoms with Gasteiger partial charge in [0.25, 0.3) is 5.91 Å². The first-order valence-corrected chi connectivity index (χ1v) is 7.83. The third-order valence-corrected chi connectivity index (χ3v) is 3.64. The van der Waals surface area contributed by atoms with E-state index in [1.165, 1.54) is 0 Å². The summed E-state index contributed by atoms with van der Waals surface area (Å²) in [4.78, 5) is 15.7. The standard InChI is InChI=1S/C17H15F5N2O5/c1-16(26,8-28-10-3-4-12(18)13(19)7-10)15(25)23-9-2-5-14(24-29-27)11(6-9)17(20,21)22/h2-7,24,26-27H,8H2,1H3,(H,23,25). The second-order valence-corrected chi connectivity index (χ2v) is 6.04. The molecule has 1 atom stereocenters. The maximum absolute atomic E-state index is 13.1. The first-order valence-electron chi connectivity index (χ1n) is 7.83. The molecule has 4 N–H and O–H groups in total. The Bertz CT molecular complexity index is 889. The SMILES string of the molecule is CC(O)(COc1ccc(F)c(F)c1)C(=O)Nc1ccc(NOO)c(C(F)(F)F)c1. The number of carbonyl (C=O) groups is 1. The van der Waals surface area contributed by atoms with Crippen molar-refractivity contribution < 1.29 is 46.8 Å². The van der Waals surface area contributed by atoms with Gasteiger partial charge in [0.1, 0.15) is 12.4 Å². The van der Waals surface area contributed by atoms with Crippen LogP contribution < -0.4 is 15.5 Å².